The number of benzene rings is 1. The zero-order valence-electron chi connectivity index (χ0n) is 12.9. The Morgan fingerprint density at radius 2 is 1.79 bits per heavy atom. The van der Waals surface area contributed by atoms with Gasteiger partial charge in [-0.05, 0) is 64.8 Å². The van der Waals surface area contributed by atoms with Crippen LogP contribution in [-0.2, 0) is 0 Å². The van der Waals surface area contributed by atoms with Gasteiger partial charge in [0.1, 0.15) is 5.75 Å². The molecule has 0 aromatic heterocycles. The smallest absolute Gasteiger partial charge is 0.119 e. The third-order valence-corrected chi connectivity index (χ3v) is 2.96. The summed E-state index contributed by atoms with van der Waals surface area (Å²) < 4.78 is 5.64. The molecule has 1 aromatic rings. The zero-order valence-corrected chi connectivity index (χ0v) is 12.9. The van der Waals surface area contributed by atoms with Gasteiger partial charge in [-0.15, -0.1) is 0 Å². The third-order valence-electron chi connectivity index (χ3n) is 2.96. The SMILES string of the molecule is CC(C)Oc1ccc(N(C)CCCC(C)(C)N)cc1. The summed E-state index contributed by atoms with van der Waals surface area (Å²) in [5.74, 6) is 0.926. The summed E-state index contributed by atoms with van der Waals surface area (Å²) in [6.07, 6.45) is 2.35. The average molecular weight is 264 g/mol. The van der Waals surface area contributed by atoms with Crippen molar-refractivity contribution in [1.29, 1.82) is 0 Å². The molecule has 0 fully saturated rings. The van der Waals surface area contributed by atoms with E-state index in [-0.39, 0.29) is 11.6 Å². The Morgan fingerprint density at radius 3 is 2.26 bits per heavy atom. The van der Waals surface area contributed by atoms with Crippen molar-refractivity contribution < 1.29 is 4.74 Å². The molecule has 1 aromatic carbocycles. The lowest BCUT2D eigenvalue weighted by Gasteiger charge is -2.23. The molecule has 19 heavy (non-hydrogen) atoms. The topological polar surface area (TPSA) is 38.5 Å². The van der Waals surface area contributed by atoms with Crippen molar-refractivity contribution in [2.24, 2.45) is 5.73 Å². The number of ether oxygens (including phenoxy) is 1. The van der Waals surface area contributed by atoms with E-state index >= 15 is 0 Å². The van der Waals surface area contributed by atoms with Gasteiger partial charge in [0.2, 0.25) is 0 Å². The number of hydrogen-bond donors (Lipinski definition) is 1. The van der Waals surface area contributed by atoms with E-state index in [1.165, 1.54) is 5.69 Å². The van der Waals surface area contributed by atoms with Gasteiger partial charge in [-0.2, -0.15) is 0 Å². The van der Waals surface area contributed by atoms with Crippen LogP contribution in [0.5, 0.6) is 5.75 Å². The second-order valence-corrected chi connectivity index (χ2v) is 6.17. The second kappa shape index (κ2) is 6.80. The molecular formula is C16H28N2O. The van der Waals surface area contributed by atoms with Gasteiger partial charge < -0.3 is 15.4 Å². The Bertz CT molecular complexity index is 365. The van der Waals surface area contributed by atoms with E-state index < -0.39 is 0 Å². The van der Waals surface area contributed by atoms with Crippen molar-refractivity contribution in [1.82, 2.24) is 0 Å². The number of rotatable bonds is 7. The van der Waals surface area contributed by atoms with Crippen LogP contribution >= 0.6 is 0 Å². The standard InChI is InChI=1S/C16H28N2O/c1-13(2)19-15-9-7-14(8-10-15)18(5)12-6-11-16(3,4)17/h7-10,13H,6,11-12,17H2,1-5H3. The maximum absolute atomic E-state index is 5.99. The first-order valence-corrected chi connectivity index (χ1v) is 7.05. The first-order valence-electron chi connectivity index (χ1n) is 7.05. The lowest BCUT2D eigenvalue weighted by atomic mass is 10.00. The highest BCUT2D eigenvalue weighted by molar-refractivity contribution is 5.48. The molecule has 2 N–H and O–H groups in total. The average Bonchev–Trinajstić information content (AvgIpc) is 2.27. The van der Waals surface area contributed by atoms with Crippen LogP contribution in [0.4, 0.5) is 5.69 Å². The van der Waals surface area contributed by atoms with E-state index in [4.69, 9.17) is 10.5 Å². The molecule has 3 heteroatoms. The Hall–Kier alpha value is -1.22. The molecule has 108 valence electrons. The molecule has 0 heterocycles. The van der Waals surface area contributed by atoms with Crippen molar-refractivity contribution in [3.63, 3.8) is 0 Å². The summed E-state index contributed by atoms with van der Waals surface area (Å²) in [7, 11) is 2.11. The molecule has 0 saturated heterocycles. The molecular weight excluding hydrogens is 236 g/mol. The molecule has 1 rings (SSSR count). The summed E-state index contributed by atoms with van der Waals surface area (Å²) in [6.45, 7) is 9.24. The van der Waals surface area contributed by atoms with Gasteiger partial charge in [0.25, 0.3) is 0 Å². The van der Waals surface area contributed by atoms with Crippen LogP contribution in [0.15, 0.2) is 24.3 Å². The van der Waals surface area contributed by atoms with Crippen molar-refractivity contribution >= 4 is 5.69 Å². The van der Waals surface area contributed by atoms with Gasteiger partial charge in [-0.1, -0.05) is 0 Å². The highest BCUT2D eigenvalue weighted by atomic mass is 16.5. The molecule has 0 spiro atoms. The normalized spacial score (nSPS) is 11.7. The Balaban J connectivity index is 2.46. The summed E-state index contributed by atoms with van der Waals surface area (Å²) in [5, 5.41) is 0. The molecule has 0 unspecified atom stereocenters. The van der Waals surface area contributed by atoms with Crippen molar-refractivity contribution in [3.8, 4) is 5.75 Å². The first-order chi connectivity index (χ1) is 8.78. The first kappa shape index (κ1) is 15.8. The van der Waals surface area contributed by atoms with Gasteiger partial charge >= 0.3 is 0 Å². The molecule has 0 radical (unpaired) electrons. The molecule has 0 saturated carbocycles. The van der Waals surface area contributed by atoms with E-state index in [1.54, 1.807) is 0 Å². The second-order valence-electron chi connectivity index (χ2n) is 6.17. The summed E-state index contributed by atoms with van der Waals surface area (Å²) in [6, 6.07) is 8.26. The van der Waals surface area contributed by atoms with E-state index in [9.17, 15) is 0 Å². The molecule has 0 aliphatic heterocycles. The molecule has 0 amide bonds. The van der Waals surface area contributed by atoms with E-state index in [0.29, 0.717) is 0 Å². The lowest BCUT2D eigenvalue weighted by molar-refractivity contribution is 0.242. The third kappa shape index (κ3) is 6.48. The maximum atomic E-state index is 5.99. The van der Waals surface area contributed by atoms with Gasteiger partial charge in [-0.3, -0.25) is 0 Å². The number of anilines is 1. The lowest BCUT2D eigenvalue weighted by Crippen LogP contribution is -2.33. The molecule has 0 atom stereocenters. The van der Waals surface area contributed by atoms with E-state index in [2.05, 4.69) is 37.9 Å². The fourth-order valence-electron chi connectivity index (χ4n) is 1.95. The fourth-order valence-corrected chi connectivity index (χ4v) is 1.95. The summed E-state index contributed by atoms with van der Waals surface area (Å²) >= 11 is 0. The number of nitrogens with zero attached hydrogens (tertiary/aromatic N) is 1. The molecule has 0 aliphatic carbocycles. The Morgan fingerprint density at radius 1 is 1.21 bits per heavy atom. The number of hydrogen-bond acceptors (Lipinski definition) is 3. The minimum Gasteiger partial charge on any atom is -0.491 e. The predicted octanol–water partition coefficient (Wildman–Crippen LogP) is 3.43. The van der Waals surface area contributed by atoms with Crippen LogP contribution in [0.1, 0.15) is 40.5 Å². The molecule has 0 bridgehead atoms. The molecule has 0 aliphatic rings. The minimum atomic E-state index is -0.0736. The zero-order chi connectivity index (χ0) is 14.5. The fraction of sp³-hybridized carbons (Fsp3) is 0.625. The van der Waals surface area contributed by atoms with Crippen LogP contribution in [0.2, 0.25) is 0 Å². The highest BCUT2D eigenvalue weighted by Crippen LogP contribution is 2.20. The van der Waals surface area contributed by atoms with Gasteiger partial charge in [0, 0.05) is 24.8 Å². The largest absolute Gasteiger partial charge is 0.491 e. The van der Waals surface area contributed by atoms with Crippen LogP contribution < -0.4 is 15.4 Å². The van der Waals surface area contributed by atoms with Crippen LogP contribution in [-0.4, -0.2) is 25.2 Å². The maximum Gasteiger partial charge on any atom is 0.119 e. The van der Waals surface area contributed by atoms with E-state index in [0.717, 1.165) is 25.1 Å². The van der Waals surface area contributed by atoms with Crippen molar-refractivity contribution in [2.75, 3.05) is 18.5 Å². The Kier molecular flexibility index (Phi) is 5.67. The number of nitrogens with two attached hydrogens (primary N) is 1. The minimum absolute atomic E-state index is 0.0736. The Labute approximate surface area is 117 Å². The van der Waals surface area contributed by atoms with Crippen molar-refractivity contribution in [3.05, 3.63) is 24.3 Å². The highest BCUT2D eigenvalue weighted by Gasteiger charge is 2.10. The quantitative estimate of drug-likeness (QED) is 0.820. The molecule has 3 nitrogen and oxygen atoms in total. The van der Waals surface area contributed by atoms with Gasteiger partial charge in [0.15, 0.2) is 0 Å². The van der Waals surface area contributed by atoms with Gasteiger partial charge in [-0.25, -0.2) is 0 Å². The van der Waals surface area contributed by atoms with Crippen LogP contribution in [0, 0.1) is 0 Å². The monoisotopic (exact) mass is 264 g/mol. The summed E-state index contributed by atoms with van der Waals surface area (Å²) in [4.78, 5) is 2.25. The van der Waals surface area contributed by atoms with Crippen LogP contribution in [0.25, 0.3) is 0 Å². The van der Waals surface area contributed by atoms with Gasteiger partial charge in [0.05, 0.1) is 6.10 Å². The predicted molar refractivity (Wildman–Crippen MR) is 83.0 cm³/mol. The van der Waals surface area contributed by atoms with E-state index in [1.807, 2.05) is 26.0 Å². The summed E-state index contributed by atoms with van der Waals surface area (Å²) in [5.41, 5.74) is 7.13. The van der Waals surface area contributed by atoms with Crippen LogP contribution in [0.3, 0.4) is 0 Å². The van der Waals surface area contributed by atoms with Crippen molar-refractivity contribution in [2.45, 2.75) is 52.2 Å².